The molecule has 90 valence electrons. The van der Waals surface area contributed by atoms with Gasteiger partial charge >= 0.3 is 0 Å². The third-order valence-corrected chi connectivity index (χ3v) is 2.10. The molecule has 1 heteroatoms. The van der Waals surface area contributed by atoms with Crippen LogP contribution in [0.1, 0.15) is 54.9 Å². The summed E-state index contributed by atoms with van der Waals surface area (Å²) in [5, 5.41) is 0. The Kier molecular flexibility index (Phi) is 5.58. The summed E-state index contributed by atoms with van der Waals surface area (Å²) >= 11 is 0. The summed E-state index contributed by atoms with van der Waals surface area (Å²) in [5.41, 5.74) is 0.529. The van der Waals surface area contributed by atoms with Crippen molar-refractivity contribution < 1.29 is 4.74 Å². The molecule has 0 spiro atoms. The van der Waals surface area contributed by atoms with Gasteiger partial charge in [-0.15, -0.1) is 0 Å². The largest absolute Gasteiger partial charge is 0.378 e. The summed E-state index contributed by atoms with van der Waals surface area (Å²) in [6, 6.07) is 0. The second-order valence-electron chi connectivity index (χ2n) is 6.50. The summed E-state index contributed by atoms with van der Waals surface area (Å²) < 4.78 is 5.66. The fourth-order valence-corrected chi connectivity index (χ4v) is 1.18. The van der Waals surface area contributed by atoms with Gasteiger partial charge in [-0.1, -0.05) is 46.8 Å². The monoisotopic (exact) mass is 212 g/mol. The molecule has 0 aromatic rings. The molecule has 0 aromatic carbocycles. The zero-order valence-electron chi connectivity index (χ0n) is 11.6. The van der Waals surface area contributed by atoms with Crippen molar-refractivity contribution in [3.63, 3.8) is 0 Å². The van der Waals surface area contributed by atoms with E-state index >= 15 is 0 Å². The molecule has 0 saturated heterocycles. The van der Waals surface area contributed by atoms with Crippen LogP contribution in [-0.4, -0.2) is 12.7 Å². The van der Waals surface area contributed by atoms with Gasteiger partial charge in [-0.2, -0.15) is 0 Å². The van der Waals surface area contributed by atoms with Crippen molar-refractivity contribution in [1.29, 1.82) is 0 Å². The maximum absolute atomic E-state index is 5.66. The van der Waals surface area contributed by atoms with Crippen LogP contribution < -0.4 is 0 Å². The van der Waals surface area contributed by atoms with Crippen LogP contribution in [0.2, 0.25) is 0 Å². The molecule has 0 radical (unpaired) electrons. The molecular formula is C14H28O. The topological polar surface area (TPSA) is 9.23 Å². The molecule has 0 fully saturated rings. The minimum absolute atomic E-state index is 0.242. The number of hydrogen-bond acceptors (Lipinski definition) is 1. The van der Waals surface area contributed by atoms with E-state index in [1.807, 2.05) is 0 Å². The third-order valence-electron chi connectivity index (χ3n) is 2.10. The van der Waals surface area contributed by atoms with Gasteiger partial charge in [0.1, 0.15) is 0 Å². The van der Waals surface area contributed by atoms with Gasteiger partial charge in [-0.25, -0.2) is 0 Å². The van der Waals surface area contributed by atoms with Crippen LogP contribution in [-0.2, 0) is 4.74 Å². The molecule has 15 heavy (non-hydrogen) atoms. The lowest BCUT2D eigenvalue weighted by Gasteiger charge is -2.24. The highest BCUT2D eigenvalue weighted by Gasteiger charge is 2.17. The molecule has 0 saturated carbocycles. The Balaban J connectivity index is 3.98. The zero-order valence-corrected chi connectivity index (χ0v) is 11.6. The van der Waals surface area contributed by atoms with E-state index in [2.05, 4.69) is 60.6 Å². The summed E-state index contributed by atoms with van der Waals surface area (Å²) in [6.45, 7) is 16.2. The number of ether oxygens (including phenoxy) is 1. The van der Waals surface area contributed by atoms with E-state index in [9.17, 15) is 0 Å². The third kappa shape index (κ3) is 9.99. The number of hydrogen-bond donors (Lipinski definition) is 0. The van der Waals surface area contributed by atoms with Crippen LogP contribution in [0, 0.1) is 10.8 Å². The molecule has 0 aromatic heterocycles. The number of rotatable bonds is 5. The molecule has 0 aliphatic heterocycles. The van der Waals surface area contributed by atoms with Gasteiger partial charge < -0.3 is 4.74 Å². The first-order chi connectivity index (χ1) is 6.62. The molecule has 0 rings (SSSR count). The van der Waals surface area contributed by atoms with Gasteiger partial charge in [0.2, 0.25) is 0 Å². The van der Waals surface area contributed by atoms with Crippen molar-refractivity contribution in [2.75, 3.05) is 6.61 Å². The van der Waals surface area contributed by atoms with Gasteiger partial charge in [0.25, 0.3) is 0 Å². The van der Waals surface area contributed by atoms with Gasteiger partial charge in [-0.3, -0.25) is 0 Å². The summed E-state index contributed by atoms with van der Waals surface area (Å²) in [6.07, 6.45) is 5.97. The van der Waals surface area contributed by atoms with Crippen molar-refractivity contribution in [3.05, 3.63) is 12.2 Å². The van der Waals surface area contributed by atoms with Crippen molar-refractivity contribution in [1.82, 2.24) is 0 Å². The average molecular weight is 212 g/mol. The summed E-state index contributed by atoms with van der Waals surface area (Å²) in [5.74, 6) is 0. The van der Waals surface area contributed by atoms with Gasteiger partial charge in [0, 0.05) is 0 Å². The van der Waals surface area contributed by atoms with E-state index in [1.54, 1.807) is 0 Å². The molecule has 0 bridgehead atoms. The van der Waals surface area contributed by atoms with Gasteiger partial charge in [0.05, 0.1) is 12.7 Å². The number of allylic oxidation sites excluding steroid dienone is 2. The van der Waals surface area contributed by atoms with Crippen molar-refractivity contribution in [3.8, 4) is 0 Å². The van der Waals surface area contributed by atoms with Crippen LogP contribution in [0.15, 0.2) is 12.2 Å². The van der Waals surface area contributed by atoms with Crippen molar-refractivity contribution in [2.24, 2.45) is 10.8 Å². The normalized spacial score (nSPS) is 14.1. The van der Waals surface area contributed by atoms with Crippen LogP contribution in [0.4, 0.5) is 0 Å². The Morgan fingerprint density at radius 1 is 1.07 bits per heavy atom. The summed E-state index contributed by atoms with van der Waals surface area (Å²) in [4.78, 5) is 0. The lowest BCUT2D eigenvalue weighted by atomic mass is 9.88. The fraction of sp³-hybridized carbons (Fsp3) is 0.857. The predicted molar refractivity (Wildman–Crippen MR) is 68.1 cm³/mol. The van der Waals surface area contributed by atoms with E-state index in [1.165, 1.54) is 0 Å². The highest BCUT2D eigenvalue weighted by molar-refractivity contribution is 4.94. The first-order valence-electron chi connectivity index (χ1n) is 5.92. The van der Waals surface area contributed by atoms with E-state index in [4.69, 9.17) is 4.74 Å². The van der Waals surface area contributed by atoms with Gasteiger partial charge in [-0.05, 0) is 31.1 Å². The molecule has 1 nitrogen and oxygen atoms in total. The molecule has 0 amide bonds. The lowest BCUT2D eigenvalue weighted by molar-refractivity contribution is 0.0225. The standard InChI is InChI=1S/C14H28O/c1-12(2)15-11-14(6,7)10-8-9-13(3,4)5/h8-9,12H,10-11H2,1-7H3. The molecule has 0 aliphatic rings. The highest BCUT2D eigenvalue weighted by atomic mass is 16.5. The molecule has 0 aliphatic carbocycles. The van der Waals surface area contributed by atoms with Crippen LogP contribution >= 0.6 is 0 Å². The Hall–Kier alpha value is -0.300. The minimum atomic E-state index is 0.242. The Morgan fingerprint density at radius 3 is 2.00 bits per heavy atom. The summed E-state index contributed by atoms with van der Waals surface area (Å²) in [7, 11) is 0. The quantitative estimate of drug-likeness (QED) is 0.613. The molecular weight excluding hydrogens is 184 g/mol. The highest BCUT2D eigenvalue weighted by Crippen LogP contribution is 2.24. The first-order valence-corrected chi connectivity index (χ1v) is 5.92. The predicted octanol–water partition coefficient (Wildman–Crippen LogP) is 4.43. The molecule has 0 heterocycles. The average Bonchev–Trinajstić information content (AvgIpc) is 1.98. The fourth-order valence-electron chi connectivity index (χ4n) is 1.18. The van der Waals surface area contributed by atoms with Crippen LogP contribution in [0.3, 0.4) is 0 Å². The zero-order chi connectivity index (χ0) is 12.1. The maximum atomic E-state index is 5.66. The van der Waals surface area contributed by atoms with Crippen LogP contribution in [0.25, 0.3) is 0 Å². The smallest absolute Gasteiger partial charge is 0.0523 e. The maximum Gasteiger partial charge on any atom is 0.0523 e. The van der Waals surface area contributed by atoms with E-state index in [-0.39, 0.29) is 10.8 Å². The second-order valence-corrected chi connectivity index (χ2v) is 6.50. The van der Waals surface area contributed by atoms with E-state index < -0.39 is 0 Å². The minimum Gasteiger partial charge on any atom is -0.378 e. The lowest BCUT2D eigenvalue weighted by Crippen LogP contribution is -2.21. The van der Waals surface area contributed by atoms with Gasteiger partial charge in [0.15, 0.2) is 0 Å². The van der Waals surface area contributed by atoms with E-state index in [0.29, 0.717) is 6.10 Å². The van der Waals surface area contributed by atoms with E-state index in [0.717, 1.165) is 13.0 Å². The first kappa shape index (κ1) is 14.7. The SMILES string of the molecule is CC(C)OCC(C)(C)CC=CC(C)(C)C. The Labute approximate surface area is 95.9 Å². The Bertz CT molecular complexity index is 194. The second kappa shape index (κ2) is 5.69. The molecule has 0 N–H and O–H groups in total. The van der Waals surface area contributed by atoms with Crippen molar-refractivity contribution >= 4 is 0 Å². The van der Waals surface area contributed by atoms with Crippen molar-refractivity contribution in [2.45, 2.75) is 61.0 Å². The Morgan fingerprint density at radius 2 is 1.60 bits per heavy atom. The van der Waals surface area contributed by atoms with Crippen LogP contribution in [0.5, 0.6) is 0 Å². The molecule has 0 unspecified atom stereocenters. The molecule has 0 atom stereocenters.